The smallest absolute Gasteiger partial charge is 0.409 e. The Kier molecular flexibility index (Phi) is 7.32. The van der Waals surface area contributed by atoms with Gasteiger partial charge in [0.15, 0.2) is 5.82 Å². The summed E-state index contributed by atoms with van der Waals surface area (Å²) in [4.78, 5) is 23.7. The van der Waals surface area contributed by atoms with Crippen molar-refractivity contribution in [3.8, 4) is 11.3 Å². The van der Waals surface area contributed by atoms with Gasteiger partial charge >= 0.3 is 12.3 Å². The molecule has 0 fully saturated rings. The third-order valence-electron chi connectivity index (χ3n) is 5.13. The fourth-order valence-electron chi connectivity index (χ4n) is 3.39. The Bertz CT molecular complexity index is 1580. The molecule has 4 rings (SSSR count). The van der Waals surface area contributed by atoms with Crippen molar-refractivity contribution in [2.24, 2.45) is 5.14 Å². The Balaban J connectivity index is 1.63. The lowest BCUT2D eigenvalue weighted by Crippen LogP contribution is -2.22. The van der Waals surface area contributed by atoms with Crippen LogP contribution in [0.5, 0.6) is 0 Å². The molecule has 2 aromatic carbocycles. The molecular weight excluding hydrogens is 527 g/mol. The minimum absolute atomic E-state index is 0.0244. The Morgan fingerprint density at radius 1 is 0.921 bits per heavy atom. The van der Waals surface area contributed by atoms with Gasteiger partial charge in [0.1, 0.15) is 12.1 Å². The number of carbonyl (C=O) groups is 1. The second-order valence-corrected chi connectivity index (χ2v) is 9.54. The molecule has 0 saturated carbocycles. The third-order valence-corrected chi connectivity index (χ3v) is 6.06. The number of primary sulfonamides is 1. The molecular formula is C23H20F3N7O4S. The average Bonchev–Trinajstić information content (AvgIpc) is 2.85. The van der Waals surface area contributed by atoms with Gasteiger partial charge in [-0.15, -0.1) is 0 Å². The van der Waals surface area contributed by atoms with Crippen molar-refractivity contribution in [1.82, 2.24) is 15.0 Å². The number of fused-ring (bicyclic) bond motifs is 1. The van der Waals surface area contributed by atoms with Gasteiger partial charge in [-0.25, -0.2) is 28.3 Å². The van der Waals surface area contributed by atoms with Gasteiger partial charge in [0.2, 0.25) is 16.0 Å². The summed E-state index contributed by atoms with van der Waals surface area (Å²) < 4.78 is 61.7. The number of carboxylic acid groups (broad SMARTS) is 1. The predicted molar refractivity (Wildman–Crippen MR) is 134 cm³/mol. The van der Waals surface area contributed by atoms with E-state index in [1.165, 1.54) is 36.4 Å². The maximum Gasteiger partial charge on any atom is 0.409 e. The zero-order chi connectivity index (χ0) is 27.5. The molecule has 0 unspecified atom stereocenters. The summed E-state index contributed by atoms with van der Waals surface area (Å²) >= 11 is 0. The first-order chi connectivity index (χ1) is 17.9. The molecule has 2 heterocycles. The second-order valence-electron chi connectivity index (χ2n) is 7.98. The van der Waals surface area contributed by atoms with Crippen LogP contribution in [0.3, 0.4) is 0 Å². The Labute approximate surface area is 214 Å². The number of nitrogens with zero attached hydrogens (tertiary/aromatic N) is 3. The molecule has 6 N–H and O–H groups in total. The monoisotopic (exact) mass is 547 g/mol. The maximum absolute atomic E-state index is 13.0. The molecule has 2 aromatic heterocycles. The van der Waals surface area contributed by atoms with Gasteiger partial charge in [0.05, 0.1) is 16.1 Å². The van der Waals surface area contributed by atoms with E-state index in [2.05, 4.69) is 30.9 Å². The first kappa shape index (κ1) is 26.6. The summed E-state index contributed by atoms with van der Waals surface area (Å²) in [5, 5.41) is 21.3. The van der Waals surface area contributed by atoms with Crippen LogP contribution >= 0.6 is 0 Å². The van der Waals surface area contributed by atoms with Crippen LogP contribution in [0, 0.1) is 0 Å². The summed E-state index contributed by atoms with van der Waals surface area (Å²) in [6.07, 6.45) is -5.73. The van der Waals surface area contributed by atoms with Crippen molar-refractivity contribution in [3.63, 3.8) is 0 Å². The minimum Gasteiger partial charge on any atom is -0.465 e. The van der Waals surface area contributed by atoms with Gasteiger partial charge in [-0.05, 0) is 42.0 Å². The van der Waals surface area contributed by atoms with Crippen LogP contribution in [0.1, 0.15) is 5.56 Å². The average molecular weight is 548 g/mol. The number of pyridine rings is 1. The number of hydrogen-bond donors (Lipinski definition) is 5. The van der Waals surface area contributed by atoms with Crippen LogP contribution in [-0.2, 0) is 16.6 Å². The molecule has 0 saturated heterocycles. The van der Waals surface area contributed by atoms with Gasteiger partial charge < -0.3 is 15.7 Å². The Morgan fingerprint density at radius 2 is 1.61 bits per heavy atom. The number of hydrogen-bond acceptors (Lipinski definition) is 8. The molecule has 38 heavy (non-hydrogen) atoms. The quantitative estimate of drug-likeness (QED) is 0.218. The van der Waals surface area contributed by atoms with Crippen LogP contribution < -0.4 is 21.1 Å². The molecule has 4 aromatic rings. The molecule has 0 radical (unpaired) electrons. The van der Waals surface area contributed by atoms with E-state index in [4.69, 9.17) is 10.2 Å². The SMILES string of the molecule is NS(=O)(=O)c1ccc(CNc2nc(NCC(F)(F)F)c3nc(-c4ccc(NC(=O)O)cc4)ccc3n2)cc1. The van der Waals surface area contributed by atoms with Crippen molar-refractivity contribution in [3.05, 3.63) is 66.2 Å². The Morgan fingerprint density at radius 3 is 2.21 bits per heavy atom. The number of anilines is 3. The van der Waals surface area contributed by atoms with Crippen LogP contribution in [0.2, 0.25) is 0 Å². The fraction of sp³-hybridized carbons (Fsp3) is 0.130. The standard InChI is InChI=1S/C23H20F3N7O4S/c24-23(25,26)12-29-20-19-18(10-9-17(31-19)14-3-5-15(6-4-14)30-22(34)35)32-21(33-20)28-11-13-1-7-16(8-2-13)38(27,36)37/h1-10,30H,11-12H2,(H,34,35)(H2,27,36,37)(H2,28,29,32,33). The van der Waals surface area contributed by atoms with E-state index in [0.717, 1.165) is 0 Å². The molecule has 198 valence electrons. The van der Waals surface area contributed by atoms with Gasteiger partial charge in [0, 0.05) is 17.8 Å². The molecule has 1 amide bonds. The van der Waals surface area contributed by atoms with Crippen molar-refractivity contribution >= 4 is 44.6 Å². The molecule has 0 atom stereocenters. The number of amides is 1. The van der Waals surface area contributed by atoms with E-state index in [1.54, 1.807) is 24.3 Å². The molecule has 0 aliphatic heterocycles. The number of nitrogens with two attached hydrogens (primary N) is 1. The predicted octanol–water partition coefficient (Wildman–Crippen LogP) is 4.02. The van der Waals surface area contributed by atoms with E-state index in [9.17, 15) is 26.4 Å². The van der Waals surface area contributed by atoms with Crippen LogP contribution in [0.25, 0.3) is 22.3 Å². The number of halogens is 3. The van der Waals surface area contributed by atoms with Crippen molar-refractivity contribution in [2.45, 2.75) is 17.6 Å². The van der Waals surface area contributed by atoms with Crippen molar-refractivity contribution in [2.75, 3.05) is 22.5 Å². The van der Waals surface area contributed by atoms with E-state index < -0.39 is 28.8 Å². The maximum atomic E-state index is 13.0. The highest BCUT2D eigenvalue weighted by molar-refractivity contribution is 7.89. The lowest BCUT2D eigenvalue weighted by molar-refractivity contribution is -0.115. The summed E-state index contributed by atoms with van der Waals surface area (Å²) in [7, 11) is -3.84. The Hall–Kier alpha value is -4.50. The van der Waals surface area contributed by atoms with Gasteiger partial charge in [0.25, 0.3) is 0 Å². The summed E-state index contributed by atoms with van der Waals surface area (Å²) in [5.41, 5.74) is 2.36. The summed E-state index contributed by atoms with van der Waals surface area (Å²) in [6, 6.07) is 15.2. The van der Waals surface area contributed by atoms with Crippen molar-refractivity contribution < 1.29 is 31.5 Å². The zero-order valence-corrected chi connectivity index (χ0v) is 20.1. The van der Waals surface area contributed by atoms with Crippen LogP contribution in [0.15, 0.2) is 65.6 Å². The molecule has 11 nitrogen and oxygen atoms in total. The number of nitrogens with one attached hydrogen (secondary N) is 3. The fourth-order valence-corrected chi connectivity index (χ4v) is 3.90. The first-order valence-corrected chi connectivity index (χ1v) is 12.4. The third kappa shape index (κ3) is 6.83. The van der Waals surface area contributed by atoms with Crippen LogP contribution in [0.4, 0.5) is 35.4 Å². The largest absolute Gasteiger partial charge is 0.465 e. The van der Waals surface area contributed by atoms with Gasteiger partial charge in [-0.3, -0.25) is 5.32 Å². The normalized spacial score (nSPS) is 11.8. The van der Waals surface area contributed by atoms with E-state index in [-0.39, 0.29) is 34.2 Å². The number of aromatic nitrogens is 3. The van der Waals surface area contributed by atoms with E-state index in [1.807, 2.05) is 0 Å². The number of benzene rings is 2. The summed E-state index contributed by atoms with van der Waals surface area (Å²) in [6.45, 7) is -1.20. The molecule has 0 aliphatic rings. The number of sulfonamides is 1. The second kappa shape index (κ2) is 10.5. The van der Waals surface area contributed by atoms with E-state index >= 15 is 0 Å². The molecule has 0 spiro atoms. The molecule has 15 heteroatoms. The van der Waals surface area contributed by atoms with Crippen LogP contribution in [-0.4, -0.2) is 47.3 Å². The highest BCUT2D eigenvalue weighted by Crippen LogP contribution is 2.27. The lowest BCUT2D eigenvalue weighted by Gasteiger charge is -2.14. The van der Waals surface area contributed by atoms with E-state index in [0.29, 0.717) is 22.5 Å². The zero-order valence-electron chi connectivity index (χ0n) is 19.3. The molecule has 0 bridgehead atoms. The van der Waals surface area contributed by atoms with Gasteiger partial charge in [-0.2, -0.15) is 18.2 Å². The topological polar surface area (TPSA) is 172 Å². The summed E-state index contributed by atoms with van der Waals surface area (Å²) in [5.74, 6) is -0.123. The highest BCUT2D eigenvalue weighted by Gasteiger charge is 2.27. The number of rotatable bonds is 8. The van der Waals surface area contributed by atoms with Crippen molar-refractivity contribution in [1.29, 1.82) is 0 Å². The van der Waals surface area contributed by atoms with Gasteiger partial charge in [-0.1, -0.05) is 24.3 Å². The lowest BCUT2D eigenvalue weighted by atomic mass is 10.1. The highest BCUT2D eigenvalue weighted by atomic mass is 32.2. The molecule has 0 aliphatic carbocycles. The minimum atomic E-state index is -4.51. The first-order valence-electron chi connectivity index (χ1n) is 10.8. The number of alkyl halides is 3.